The van der Waals surface area contributed by atoms with Crippen LogP contribution in [-0.2, 0) is 10.2 Å². The number of thiophene rings is 1. The molecule has 2 N–H and O–H groups in total. The minimum Gasteiger partial charge on any atom is -0.396 e. The Morgan fingerprint density at radius 2 is 2.24 bits per heavy atom. The highest BCUT2D eigenvalue weighted by Crippen LogP contribution is 2.32. The number of carbonyl (C=O) groups excluding carboxylic acids is 1. The van der Waals surface area contributed by atoms with Gasteiger partial charge in [0.05, 0.1) is 3.79 Å². The van der Waals surface area contributed by atoms with Crippen molar-refractivity contribution in [1.29, 1.82) is 0 Å². The van der Waals surface area contributed by atoms with Crippen molar-refractivity contribution in [3.63, 3.8) is 0 Å². The van der Waals surface area contributed by atoms with Crippen LogP contribution in [0.15, 0.2) is 15.9 Å². The molecule has 0 aliphatic carbocycles. The van der Waals surface area contributed by atoms with Crippen LogP contribution >= 0.6 is 27.3 Å². The molecule has 96 valence electrons. The molecule has 5 heteroatoms. The molecule has 1 aromatic rings. The lowest BCUT2D eigenvalue weighted by Gasteiger charge is -2.23. The van der Waals surface area contributed by atoms with E-state index in [1.54, 1.807) is 11.3 Å². The van der Waals surface area contributed by atoms with E-state index in [1.807, 2.05) is 6.07 Å². The van der Waals surface area contributed by atoms with Crippen molar-refractivity contribution in [3.8, 4) is 0 Å². The molecule has 1 amide bonds. The van der Waals surface area contributed by atoms with Crippen LogP contribution in [0.4, 0.5) is 0 Å². The highest BCUT2D eigenvalue weighted by molar-refractivity contribution is 9.11. The minimum absolute atomic E-state index is 0.00254. The van der Waals surface area contributed by atoms with Crippen molar-refractivity contribution in [2.75, 3.05) is 13.2 Å². The first-order valence-electron chi connectivity index (χ1n) is 5.59. The van der Waals surface area contributed by atoms with E-state index in [0.29, 0.717) is 19.4 Å². The van der Waals surface area contributed by atoms with Crippen molar-refractivity contribution in [1.82, 2.24) is 5.32 Å². The second-order valence-corrected chi connectivity index (χ2v) is 7.05. The molecular weight excluding hydrogens is 302 g/mol. The number of carbonyl (C=O) groups is 1. The molecule has 0 aliphatic heterocycles. The van der Waals surface area contributed by atoms with Gasteiger partial charge >= 0.3 is 0 Å². The van der Waals surface area contributed by atoms with Gasteiger partial charge in [-0.1, -0.05) is 13.8 Å². The van der Waals surface area contributed by atoms with E-state index in [4.69, 9.17) is 5.11 Å². The fraction of sp³-hybridized carbons (Fsp3) is 0.583. The Hall–Kier alpha value is -0.390. The first kappa shape index (κ1) is 14.7. The molecule has 0 saturated heterocycles. The zero-order valence-electron chi connectivity index (χ0n) is 10.1. The lowest BCUT2D eigenvalue weighted by Crippen LogP contribution is -2.36. The third kappa shape index (κ3) is 4.77. The van der Waals surface area contributed by atoms with Crippen molar-refractivity contribution >= 4 is 33.2 Å². The maximum atomic E-state index is 11.5. The van der Waals surface area contributed by atoms with Gasteiger partial charge in [-0.3, -0.25) is 4.79 Å². The fourth-order valence-electron chi connectivity index (χ4n) is 1.41. The zero-order valence-corrected chi connectivity index (χ0v) is 12.5. The third-order valence-electron chi connectivity index (χ3n) is 2.53. The van der Waals surface area contributed by atoms with E-state index >= 15 is 0 Å². The number of hydrogen-bond donors (Lipinski definition) is 2. The molecule has 0 radical (unpaired) electrons. The number of hydrogen-bond acceptors (Lipinski definition) is 3. The molecule has 17 heavy (non-hydrogen) atoms. The molecule has 0 fully saturated rings. The lowest BCUT2D eigenvalue weighted by molar-refractivity contribution is -0.121. The summed E-state index contributed by atoms with van der Waals surface area (Å²) in [5.41, 5.74) is -0.0639. The van der Waals surface area contributed by atoms with E-state index in [2.05, 4.69) is 41.2 Å². The molecular formula is C12H18BrNO2S. The maximum absolute atomic E-state index is 11.5. The van der Waals surface area contributed by atoms with Crippen LogP contribution in [0.2, 0.25) is 0 Å². The van der Waals surface area contributed by atoms with E-state index in [1.165, 1.54) is 4.88 Å². The minimum atomic E-state index is -0.0639. The van der Waals surface area contributed by atoms with Crippen LogP contribution in [-0.4, -0.2) is 24.2 Å². The number of rotatable bonds is 6. The molecule has 0 aliphatic rings. The maximum Gasteiger partial charge on any atom is 0.220 e. The average molecular weight is 320 g/mol. The van der Waals surface area contributed by atoms with Crippen molar-refractivity contribution in [2.24, 2.45) is 0 Å². The monoisotopic (exact) mass is 319 g/mol. The Bertz CT molecular complexity index is 376. The van der Waals surface area contributed by atoms with Gasteiger partial charge in [0, 0.05) is 29.9 Å². The Labute approximate surface area is 114 Å². The van der Waals surface area contributed by atoms with Crippen molar-refractivity contribution in [3.05, 3.63) is 20.8 Å². The normalized spacial score (nSPS) is 11.5. The standard InChI is InChI=1S/C12H18BrNO2S/c1-12(2,9-5-6-10(13)17-9)8-14-11(16)4-3-7-15/h5-6,15H,3-4,7-8H2,1-2H3,(H,14,16). The van der Waals surface area contributed by atoms with Crippen LogP contribution in [0, 0.1) is 0 Å². The number of aliphatic hydroxyl groups excluding tert-OH is 1. The van der Waals surface area contributed by atoms with E-state index in [-0.39, 0.29) is 17.9 Å². The summed E-state index contributed by atoms with van der Waals surface area (Å²) in [6.07, 6.45) is 0.914. The lowest BCUT2D eigenvalue weighted by atomic mass is 9.91. The van der Waals surface area contributed by atoms with Crippen LogP contribution in [0.5, 0.6) is 0 Å². The summed E-state index contributed by atoms with van der Waals surface area (Å²) in [5, 5.41) is 11.5. The first-order valence-corrected chi connectivity index (χ1v) is 7.20. The number of aliphatic hydroxyl groups is 1. The summed E-state index contributed by atoms with van der Waals surface area (Å²) in [6, 6.07) is 4.10. The van der Waals surface area contributed by atoms with Gasteiger partial charge in [0.25, 0.3) is 0 Å². The molecule has 3 nitrogen and oxygen atoms in total. The van der Waals surface area contributed by atoms with Gasteiger partial charge in [0.2, 0.25) is 5.91 Å². The zero-order chi connectivity index (χ0) is 12.9. The second-order valence-electron chi connectivity index (χ2n) is 4.59. The second kappa shape index (κ2) is 6.52. The summed E-state index contributed by atoms with van der Waals surface area (Å²) < 4.78 is 1.10. The number of halogens is 1. The Morgan fingerprint density at radius 1 is 1.53 bits per heavy atom. The summed E-state index contributed by atoms with van der Waals surface area (Å²) in [4.78, 5) is 12.7. The van der Waals surface area contributed by atoms with E-state index in [9.17, 15) is 4.79 Å². The van der Waals surface area contributed by atoms with Gasteiger partial charge in [-0.05, 0) is 34.5 Å². The summed E-state index contributed by atoms with van der Waals surface area (Å²) in [7, 11) is 0. The molecule has 0 atom stereocenters. The van der Waals surface area contributed by atoms with Crippen molar-refractivity contribution in [2.45, 2.75) is 32.1 Å². The summed E-state index contributed by atoms with van der Waals surface area (Å²) >= 11 is 5.13. The summed E-state index contributed by atoms with van der Waals surface area (Å²) in [5.74, 6) is 0.00254. The van der Waals surface area contributed by atoms with Gasteiger partial charge in [0.1, 0.15) is 0 Å². The molecule has 1 aromatic heterocycles. The predicted molar refractivity (Wildman–Crippen MR) is 74.4 cm³/mol. The highest BCUT2D eigenvalue weighted by Gasteiger charge is 2.23. The number of amides is 1. The molecule has 1 rings (SSSR count). The van der Waals surface area contributed by atoms with E-state index in [0.717, 1.165) is 3.79 Å². The van der Waals surface area contributed by atoms with Gasteiger partial charge in [-0.15, -0.1) is 11.3 Å². The van der Waals surface area contributed by atoms with Gasteiger partial charge in [-0.2, -0.15) is 0 Å². The summed E-state index contributed by atoms with van der Waals surface area (Å²) in [6.45, 7) is 4.90. The van der Waals surface area contributed by atoms with Crippen LogP contribution in [0.1, 0.15) is 31.6 Å². The SMILES string of the molecule is CC(C)(CNC(=O)CCCO)c1ccc(Br)s1. The Balaban J connectivity index is 2.47. The van der Waals surface area contributed by atoms with Crippen molar-refractivity contribution < 1.29 is 9.90 Å². The van der Waals surface area contributed by atoms with Crippen LogP contribution < -0.4 is 5.32 Å². The Kier molecular flexibility index (Phi) is 5.62. The molecule has 0 saturated carbocycles. The smallest absolute Gasteiger partial charge is 0.220 e. The number of nitrogens with one attached hydrogen (secondary N) is 1. The molecule has 0 aromatic carbocycles. The first-order chi connectivity index (χ1) is 7.95. The fourth-order valence-corrected chi connectivity index (χ4v) is 2.90. The van der Waals surface area contributed by atoms with E-state index < -0.39 is 0 Å². The third-order valence-corrected chi connectivity index (χ3v) is 4.52. The van der Waals surface area contributed by atoms with Crippen LogP contribution in [0.25, 0.3) is 0 Å². The molecule has 0 unspecified atom stereocenters. The Morgan fingerprint density at radius 3 is 2.76 bits per heavy atom. The largest absolute Gasteiger partial charge is 0.396 e. The van der Waals surface area contributed by atoms with Gasteiger partial charge in [0.15, 0.2) is 0 Å². The quantitative estimate of drug-likeness (QED) is 0.847. The average Bonchev–Trinajstić information content (AvgIpc) is 2.71. The predicted octanol–water partition coefficient (Wildman–Crippen LogP) is 2.68. The van der Waals surface area contributed by atoms with Gasteiger partial charge in [-0.25, -0.2) is 0 Å². The molecule has 0 spiro atoms. The highest BCUT2D eigenvalue weighted by atomic mass is 79.9. The van der Waals surface area contributed by atoms with Crippen LogP contribution in [0.3, 0.4) is 0 Å². The molecule has 0 bridgehead atoms. The molecule has 1 heterocycles. The van der Waals surface area contributed by atoms with Gasteiger partial charge < -0.3 is 10.4 Å². The topological polar surface area (TPSA) is 49.3 Å².